The summed E-state index contributed by atoms with van der Waals surface area (Å²) in [5.74, 6) is -3.22. The summed E-state index contributed by atoms with van der Waals surface area (Å²) in [7, 11) is 0. The summed E-state index contributed by atoms with van der Waals surface area (Å²) < 4.78 is 0. The molecular weight excluding hydrogens is 185 g/mol. The molecule has 0 bridgehead atoms. The Morgan fingerprint density at radius 2 is 1.83 bits per heavy atom. The van der Waals surface area contributed by atoms with Crippen LogP contribution in [0.5, 0.6) is 0 Å². The van der Waals surface area contributed by atoms with E-state index in [1.165, 1.54) is 0 Å². The van der Waals surface area contributed by atoms with Gasteiger partial charge in [0.2, 0.25) is 5.91 Å². The van der Waals surface area contributed by atoms with Gasteiger partial charge in [0.25, 0.3) is 0 Å². The first-order valence-corrected chi connectivity index (χ1v) is 3.45. The third kappa shape index (κ3) is 6.13. The van der Waals surface area contributed by atoms with Crippen molar-refractivity contribution in [3.05, 3.63) is 0 Å². The fourth-order valence-corrected chi connectivity index (χ4v) is 0.800. The van der Waals surface area contributed by atoms with Crippen molar-refractivity contribution < 1.29 is 66.1 Å². The average molecular weight is 197 g/mol. The summed E-state index contributed by atoms with van der Waals surface area (Å²) in [4.78, 5) is 20.7. The molecule has 0 aromatic heterocycles. The van der Waals surface area contributed by atoms with Crippen LogP contribution < -0.4 is 62.2 Å². The fourth-order valence-electron chi connectivity index (χ4n) is 0.800. The summed E-state index contributed by atoms with van der Waals surface area (Å²) in [6.45, 7) is 3.64. The zero-order valence-corrected chi connectivity index (χ0v) is 10.8. The zero-order valence-electron chi connectivity index (χ0n) is 7.66. The minimum Gasteiger partial charge on any atom is -0.549 e. The number of hydrogen-bond acceptors (Lipinski definition) is 3. The summed E-state index contributed by atoms with van der Waals surface area (Å²) in [5, 5.41) is 10.3. The van der Waals surface area contributed by atoms with Crippen LogP contribution >= 0.6 is 0 Å². The van der Waals surface area contributed by atoms with Crippen molar-refractivity contribution >= 4 is 11.9 Å². The summed E-state index contributed by atoms with van der Waals surface area (Å²) in [6.07, 6.45) is 0.248. The van der Waals surface area contributed by atoms with Crippen LogP contribution in [0.4, 0.5) is 0 Å². The van der Waals surface area contributed by atoms with Gasteiger partial charge in [0.1, 0.15) is 0 Å². The van der Waals surface area contributed by atoms with Gasteiger partial charge in [0, 0.05) is 0 Å². The predicted octanol–water partition coefficient (Wildman–Crippen LogP) is -4.11. The van der Waals surface area contributed by atoms with Crippen LogP contribution in [0.3, 0.4) is 0 Å². The minimum atomic E-state index is -1.38. The number of amides is 1. The molecule has 0 heterocycles. The van der Waals surface area contributed by atoms with Gasteiger partial charge >= 0.3 is 51.4 Å². The molecule has 64 valence electrons. The smallest absolute Gasteiger partial charge is 0.549 e. The van der Waals surface area contributed by atoms with Crippen molar-refractivity contribution in [3.8, 4) is 0 Å². The molecule has 0 aliphatic rings. The van der Waals surface area contributed by atoms with E-state index in [-0.39, 0.29) is 63.7 Å². The molecular formula is C7H12KNO3. The van der Waals surface area contributed by atoms with E-state index in [9.17, 15) is 14.7 Å². The van der Waals surface area contributed by atoms with Crippen LogP contribution in [0.25, 0.3) is 0 Å². The molecule has 0 aliphatic carbocycles. The molecule has 1 amide bonds. The Morgan fingerprint density at radius 3 is 1.92 bits per heavy atom. The maximum atomic E-state index is 10.5. The maximum absolute atomic E-state index is 10.5. The topological polar surface area (TPSA) is 83.2 Å². The van der Waals surface area contributed by atoms with E-state index in [1.807, 2.05) is 13.8 Å². The minimum absolute atomic E-state index is 0. The maximum Gasteiger partial charge on any atom is 1.00 e. The summed E-state index contributed by atoms with van der Waals surface area (Å²) in [6, 6.07) is 0. The van der Waals surface area contributed by atoms with Crippen LogP contribution in [0, 0.1) is 11.8 Å². The molecule has 1 atom stereocenters. The van der Waals surface area contributed by atoms with Crippen molar-refractivity contribution in [2.45, 2.75) is 20.3 Å². The molecule has 0 aromatic rings. The van der Waals surface area contributed by atoms with Crippen LogP contribution in [-0.4, -0.2) is 11.9 Å². The van der Waals surface area contributed by atoms with Gasteiger partial charge < -0.3 is 15.6 Å². The molecule has 0 fully saturated rings. The first-order chi connectivity index (χ1) is 4.95. The predicted molar refractivity (Wildman–Crippen MR) is 37.1 cm³/mol. The Labute approximate surface area is 114 Å². The first kappa shape index (κ1) is 15.1. The van der Waals surface area contributed by atoms with Crippen LogP contribution in [-0.2, 0) is 9.59 Å². The number of rotatable bonds is 4. The molecule has 5 heteroatoms. The third-order valence-corrected chi connectivity index (χ3v) is 1.34. The van der Waals surface area contributed by atoms with Crippen molar-refractivity contribution in [1.29, 1.82) is 0 Å². The molecule has 0 aliphatic heterocycles. The molecule has 12 heavy (non-hydrogen) atoms. The van der Waals surface area contributed by atoms with E-state index < -0.39 is 17.8 Å². The molecule has 4 nitrogen and oxygen atoms in total. The Bertz CT molecular complexity index is 156. The van der Waals surface area contributed by atoms with Gasteiger partial charge in [-0.3, -0.25) is 4.79 Å². The van der Waals surface area contributed by atoms with E-state index in [1.54, 1.807) is 0 Å². The second kappa shape index (κ2) is 7.03. The number of hydrogen-bond donors (Lipinski definition) is 1. The largest absolute Gasteiger partial charge is 1.00 e. The van der Waals surface area contributed by atoms with Gasteiger partial charge in [0.15, 0.2) is 0 Å². The van der Waals surface area contributed by atoms with Crippen LogP contribution in [0.2, 0.25) is 0 Å². The molecule has 0 rings (SSSR count). The van der Waals surface area contributed by atoms with E-state index in [0.717, 1.165) is 0 Å². The van der Waals surface area contributed by atoms with Crippen LogP contribution in [0.15, 0.2) is 0 Å². The first-order valence-electron chi connectivity index (χ1n) is 3.45. The zero-order chi connectivity index (χ0) is 9.02. The normalized spacial score (nSPS) is 11.9. The van der Waals surface area contributed by atoms with E-state index in [4.69, 9.17) is 5.73 Å². The molecule has 2 N–H and O–H groups in total. The summed E-state index contributed by atoms with van der Waals surface area (Å²) >= 11 is 0. The van der Waals surface area contributed by atoms with E-state index >= 15 is 0 Å². The fraction of sp³-hybridized carbons (Fsp3) is 0.714. The molecule has 1 unspecified atom stereocenters. The van der Waals surface area contributed by atoms with Gasteiger partial charge in [-0.2, -0.15) is 0 Å². The van der Waals surface area contributed by atoms with Crippen molar-refractivity contribution in [2.24, 2.45) is 17.6 Å². The van der Waals surface area contributed by atoms with Gasteiger partial charge in [-0.25, -0.2) is 0 Å². The monoisotopic (exact) mass is 197 g/mol. The van der Waals surface area contributed by atoms with Crippen molar-refractivity contribution in [2.75, 3.05) is 0 Å². The molecule has 0 radical (unpaired) electrons. The van der Waals surface area contributed by atoms with Gasteiger partial charge in [-0.15, -0.1) is 0 Å². The Morgan fingerprint density at radius 1 is 1.42 bits per heavy atom. The number of carboxylic acid groups (broad SMARTS) is 1. The van der Waals surface area contributed by atoms with E-state index in [0.29, 0.717) is 0 Å². The standard InChI is InChI=1S/C7H13NO3.K/c1-4(2)3-5(6(8)9)7(10)11;/h4-5H,3H2,1-2H3,(H2,8,9)(H,10,11);/q;+1/p-1. The number of primary amides is 1. The van der Waals surface area contributed by atoms with E-state index in [2.05, 4.69) is 0 Å². The Balaban J connectivity index is 0. The SMILES string of the molecule is CC(C)CC(C(N)=O)C(=O)[O-].[K+]. The number of carbonyl (C=O) groups is 2. The molecule has 0 saturated carbocycles. The second-order valence-electron chi connectivity index (χ2n) is 2.90. The van der Waals surface area contributed by atoms with Crippen LogP contribution in [0.1, 0.15) is 20.3 Å². The number of nitrogens with two attached hydrogens (primary N) is 1. The van der Waals surface area contributed by atoms with Crippen molar-refractivity contribution in [1.82, 2.24) is 0 Å². The van der Waals surface area contributed by atoms with Gasteiger partial charge in [0.05, 0.1) is 11.9 Å². The second-order valence-corrected chi connectivity index (χ2v) is 2.90. The summed E-state index contributed by atoms with van der Waals surface area (Å²) in [5.41, 5.74) is 4.83. The molecule has 0 aromatic carbocycles. The Hall–Kier alpha value is 0.576. The quantitative estimate of drug-likeness (QED) is 0.367. The van der Waals surface area contributed by atoms with Crippen molar-refractivity contribution in [3.63, 3.8) is 0 Å². The van der Waals surface area contributed by atoms with Gasteiger partial charge in [-0.1, -0.05) is 13.8 Å². The van der Waals surface area contributed by atoms with Gasteiger partial charge in [-0.05, 0) is 12.3 Å². The average Bonchev–Trinajstić information content (AvgIpc) is 1.81. The number of carboxylic acids is 1. The molecule has 0 saturated heterocycles. The third-order valence-electron chi connectivity index (χ3n) is 1.34. The Kier molecular flexibility index (Phi) is 8.82. The number of carbonyl (C=O) groups excluding carboxylic acids is 2. The number of aliphatic carboxylic acids is 1. The molecule has 0 spiro atoms.